The predicted molar refractivity (Wildman–Crippen MR) is 66.5 cm³/mol. The fraction of sp³-hybridized carbons (Fsp3) is 0.800. The van der Waals surface area contributed by atoms with Crippen LogP contribution in [0.3, 0.4) is 0 Å². The van der Waals surface area contributed by atoms with Crippen LogP contribution in [0.1, 0.15) is 39.4 Å². The molecule has 0 spiro atoms. The topological polar surface area (TPSA) is 64.8 Å². The molecule has 1 aromatic rings. The smallest absolute Gasteiger partial charge is 0.296 e. The summed E-state index contributed by atoms with van der Waals surface area (Å²) < 4.78 is 24.3. The van der Waals surface area contributed by atoms with E-state index < -0.39 is 9.05 Å². The van der Waals surface area contributed by atoms with E-state index in [-0.39, 0.29) is 5.16 Å². The second-order valence-electron chi connectivity index (χ2n) is 4.21. The minimum absolute atomic E-state index is 0.140. The van der Waals surface area contributed by atoms with Gasteiger partial charge in [-0.15, -0.1) is 10.2 Å². The maximum Gasteiger partial charge on any atom is 0.296 e. The van der Waals surface area contributed by atoms with Crippen molar-refractivity contribution >= 4 is 19.7 Å². The average Bonchev–Trinajstić information content (AvgIpc) is 2.61. The third-order valence-electron chi connectivity index (χ3n) is 2.69. The molecule has 1 heterocycles. The lowest BCUT2D eigenvalue weighted by Gasteiger charge is -2.10. The van der Waals surface area contributed by atoms with Gasteiger partial charge in [-0.3, -0.25) is 0 Å². The normalized spacial score (nSPS) is 13.9. The van der Waals surface area contributed by atoms with Gasteiger partial charge >= 0.3 is 0 Å². The summed E-state index contributed by atoms with van der Waals surface area (Å²) in [6.07, 6.45) is 2.54. The van der Waals surface area contributed by atoms with Gasteiger partial charge in [-0.05, 0) is 12.3 Å². The van der Waals surface area contributed by atoms with Crippen LogP contribution in [0.15, 0.2) is 5.16 Å². The summed E-state index contributed by atoms with van der Waals surface area (Å²) in [7, 11) is 1.52. The van der Waals surface area contributed by atoms with Crippen molar-refractivity contribution in [3.05, 3.63) is 5.82 Å². The summed E-state index contributed by atoms with van der Waals surface area (Å²) in [5.41, 5.74) is 0. The first-order chi connectivity index (χ1) is 7.90. The van der Waals surface area contributed by atoms with Gasteiger partial charge in [0, 0.05) is 23.6 Å². The van der Waals surface area contributed by atoms with Crippen molar-refractivity contribution in [2.75, 3.05) is 0 Å². The van der Waals surface area contributed by atoms with Crippen molar-refractivity contribution in [1.29, 1.82) is 0 Å². The van der Waals surface area contributed by atoms with Crippen molar-refractivity contribution in [2.45, 2.75) is 51.7 Å². The maximum atomic E-state index is 11.3. The van der Waals surface area contributed by atoms with Gasteiger partial charge < -0.3 is 4.57 Å². The van der Waals surface area contributed by atoms with Gasteiger partial charge in [0.2, 0.25) is 0 Å². The molecule has 0 fully saturated rings. The summed E-state index contributed by atoms with van der Waals surface area (Å²) in [6.45, 7) is 6.72. The van der Waals surface area contributed by atoms with E-state index in [1.54, 1.807) is 4.57 Å². The van der Waals surface area contributed by atoms with E-state index in [0.717, 1.165) is 19.3 Å². The van der Waals surface area contributed by atoms with Gasteiger partial charge in [-0.2, -0.15) is 0 Å². The van der Waals surface area contributed by atoms with Crippen LogP contribution in [0.2, 0.25) is 0 Å². The molecule has 1 unspecified atom stereocenters. The zero-order valence-corrected chi connectivity index (χ0v) is 11.9. The first-order valence-electron chi connectivity index (χ1n) is 5.76. The number of aromatic nitrogens is 3. The summed E-state index contributed by atoms with van der Waals surface area (Å²) in [5, 5.41) is 7.49. The molecule has 1 aromatic heterocycles. The van der Waals surface area contributed by atoms with Crippen LogP contribution >= 0.6 is 10.7 Å². The SMILES string of the molecule is CCCn1c(CC(C)CC)nnc1S(=O)(=O)Cl. The van der Waals surface area contributed by atoms with Gasteiger partial charge in [-0.1, -0.05) is 27.2 Å². The summed E-state index contributed by atoms with van der Waals surface area (Å²) >= 11 is 0. The first-order valence-corrected chi connectivity index (χ1v) is 8.07. The number of hydrogen-bond donors (Lipinski definition) is 0. The highest BCUT2D eigenvalue weighted by molar-refractivity contribution is 8.13. The third-order valence-corrected chi connectivity index (χ3v) is 3.84. The van der Waals surface area contributed by atoms with Crippen molar-refractivity contribution in [2.24, 2.45) is 5.92 Å². The molecule has 0 bridgehead atoms. The lowest BCUT2D eigenvalue weighted by atomic mass is 10.1. The van der Waals surface area contributed by atoms with Gasteiger partial charge in [0.25, 0.3) is 14.2 Å². The van der Waals surface area contributed by atoms with Gasteiger partial charge in [-0.25, -0.2) is 8.42 Å². The molecule has 98 valence electrons. The Morgan fingerprint density at radius 3 is 2.47 bits per heavy atom. The lowest BCUT2D eigenvalue weighted by Crippen LogP contribution is -2.11. The highest BCUT2D eigenvalue weighted by Gasteiger charge is 2.22. The molecule has 0 aliphatic heterocycles. The molecule has 0 amide bonds. The predicted octanol–water partition coefficient (Wildman–Crippen LogP) is 2.20. The number of hydrogen-bond acceptors (Lipinski definition) is 4. The molecule has 7 heteroatoms. The van der Waals surface area contributed by atoms with Crippen LogP contribution in [0.25, 0.3) is 0 Å². The molecule has 0 saturated carbocycles. The summed E-state index contributed by atoms with van der Waals surface area (Å²) in [6, 6.07) is 0. The van der Waals surface area contributed by atoms with E-state index in [1.165, 1.54) is 0 Å². The Balaban J connectivity index is 3.11. The lowest BCUT2D eigenvalue weighted by molar-refractivity contribution is 0.501. The van der Waals surface area contributed by atoms with E-state index in [4.69, 9.17) is 10.7 Å². The van der Waals surface area contributed by atoms with Crippen LogP contribution in [-0.4, -0.2) is 23.2 Å². The fourth-order valence-corrected chi connectivity index (χ4v) is 2.50. The Hall–Kier alpha value is -0.620. The minimum Gasteiger partial charge on any atom is -0.301 e. The second-order valence-corrected chi connectivity index (χ2v) is 6.67. The molecule has 0 saturated heterocycles. The molecule has 1 atom stereocenters. The van der Waals surface area contributed by atoms with Gasteiger partial charge in [0.05, 0.1) is 0 Å². The van der Waals surface area contributed by atoms with Crippen LogP contribution in [0.4, 0.5) is 0 Å². The van der Waals surface area contributed by atoms with E-state index in [9.17, 15) is 8.42 Å². The molecule has 17 heavy (non-hydrogen) atoms. The molecular formula is C10H18ClN3O2S. The van der Waals surface area contributed by atoms with Crippen LogP contribution in [0.5, 0.6) is 0 Å². The Morgan fingerprint density at radius 2 is 2.00 bits per heavy atom. The molecule has 0 aliphatic carbocycles. The monoisotopic (exact) mass is 279 g/mol. The minimum atomic E-state index is -3.82. The molecule has 0 N–H and O–H groups in total. The van der Waals surface area contributed by atoms with Crippen molar-refractivity contribution < 1.29 is 8.42 Å². The largest absolute Gasteiger partial charge is 0.301 e. The standard InChI is InChI=1S/C10H18ClN3O2S/c1-4-6-14-9(7-8(3)5-2)12-13-10(14)17(11,15)16/h8H,4-7H2,1-3H3. The first kappa shape index (κ1) is 14.4. The summed E-state index contributed by atoms with van der Waals surface area (Å²) in [4.78, 5) is 0. The van der Waals surface area contributed by atoms with Crippen molar-refractivity contribution in [3.8, 4) is 0 Å². The Kier molecular flexibility index (Phi) is 4.94. The zero-order valence-electron chi connectivity index (χ0n) is 10.4. The van der Waals surface area contributed by atoms with E-state index in [0.29, 0.717) is 18.3 Å². The number of rotatable bonds is 6. The molecule has 1 rings (SSSR count). The Bertz CT molecular complexity index is 470. The van der Waals surface area contributed by atoms with E-state index >= 15 is 0 Å². The molecule has 0 aliphatic rings. The number of halogens is 1. The van der Waals surface area contributed by atoms with Crippen LogP contribution < -0.4 is 0 Å². The Labute approximate surface area is 107 Å². The second kappa shape index (κ2) is 5.82. The van der Waals surface area contributed by atoms with Crippen LogP contribution in [-0.2, 0) is 22.0 Å². The maximum absolute atomic E-state index is 11.3. The number of nitrogens with zero attached hydrogens (tertiary/aromatic N) is 3. The molecule has 5 nitrogen and oxygen atoms in total. The fourth-order valence-electron chi connectivity index (χ4n) is 1.55. The zero-order chi connectivity index (χ0) is 13.1. The Morgan fingerprint density at radius 1 is 1.35 bits per heavy atom. The third kappa shape index (κ3) is 3.67. The van der Waals surface area contributed by atoms with E-state index in [2.05, 4.69) is 24.0 Å². The summed E-state index contributed by atoms with van der Waals surface area (Å²) in [5.74, 6) is 1.14. The van der Waals surface area contributed by atoms with Gasteiger partial charge in [0.15, 0.2) is 0 Å². The van der Waals surface area contributed by atoms with Crippen molar-refractivity contribution in [1.82, 2.24) is 14.8 Å². The molecule has 0 radical (unpaired) electrons. The van der Waals surface area contributed by atoms with E-state index in [1.807, 2.05) is 6.92 Å². The highest BCUT2D eigenvalue weighted by atomic mass is 35.7. The highest BCUT2D eigenvalue weighted by Crippen LogP contribution is 2.17. The molecule has 0 aromatic carbocycles. The van der Waals surface area contributed by atoms with Crippen molar-refractivity contribution in [3.63, 3.8) is 0 Å². The quantitative estimate of drug-likeness (QED) is 0.749. The molecular weight excluding hydrogens is 262 g/mol. The van der Waals surface area contributed by atoms with Crippen LogP contribution in [0, 0.1) is 5.92 Å². The van der Waals surface area contributed by atoms with Gasteiger partial charge in [0.1, 0.15) is 5.82 Å². The average molecular weight is 280 g/mol.